The molecular formula is C22H26N2O3. The van der Waals surface area contributed by atoms with Crippen molar-refractivity contribution in [2.75, 3.05) is 24.6 Å². The Bertz CT molecular complexity index is 759. The molecule has 0 unspecified atom stereocenters. The summed E-state index contributed by atoms with van der Waals surface area (Å²) >= 11 is 0. The molecule has 1 saturated heterocycles. The predicted molar refractivity (Wildman–Crippen MR) is 105 cm³/mol. The van der Waals surface area contributed by atoms with E-state index < -0.39 is 0 Å². The Morgan fingerprint density at radius 2 is 1.89 bits per heavy atom. The lowest BCUT2D eigenvalue weighted by atomic mass is 10.1. The van der Waals surface area contributed by atoms with E-state index in [0.717, 1.165) is 23.2 Å². The molecule has 0 spiro atoms. The molecule has 142 valence electrons. The maximum atomic E-state index is 12.3. The molecule has 5 heteroatoms. The molecule has 1 aliphatic rings. The molecule has 1 atom stereocenters. The fourth-order valence-electron chi connectivity index (χ4n) is 3.15. The lowest BCUT2D eigenvalue weighted by Crippen LogP contribution is -2.33. The highest BCUT2D eigenvalue weighted by Gasteiger charge is 2.34. The Morgan fingerprint density at radius 1 is 1.15 bits per heavy atom. The second-order valence-corrected chi connectivity index (χ2v) is 6.92. The van der Waals surface area contributed by atoms with Crippen molar-refractivity contribution in [3.05, 3.63) is 65.7 Å². The number of rotatable bonds is 8. The molecule has 2 aromatic rings. The van der Waals surface area contributed by atoms with Gasteiger partial charge in [-0.25, -0.2) is 0 Å². The number of anilines is 1. The van der Waals surface area contributed by atoms with Gasteiger partial charge in [0.2, 0.25) is 11.8 Å². The topological polar surface area (TPSA) is 58.6 Å². The van der Waals surface area contributed by atoms with Gasteiger partial charge in [-0.1, -0.05) is 48.0 Å². The van der Waals surface area contributed by atoms with E-state index in [0.29, 0.717) is 26.3 Å². The van der Waals surface area contributed by atoms with Crippen LogP contribution in [0, 0.1) is 12.8 Å². The van der Waals surface area contributed by atoms with Crippen LogP contribution in [0.3, 0.4) is 0 Å². The highest BCUT2D eigenvalue weighted by Crippen LogP contribution is 2.25. The monoisotopic (exact) mass is 366 g/mol. The highest BCUT2D eigenvalue weighted by atomic mass is 16.5. The first-order valence-electron chi connectivity index (χ1n) is 9.40. The van der Waals surface area contributed by atoms with Gasteiger partial charge < -0.3 is 15.0 Å². The third-order valence-corrected chi connectivity index (χ3v) is 4.72. The number of nitrogens with one attached hydrogen (secondary N) is 1. The molecule has 0 aliphatic carbocycles. The van der Waals surface area contributed by atoms with Gasteiger partial charge in [0.05, 0.1) is 12.5 Å². The average molecular weight is 366 g/mol. The Morgan fingerprint density at radius 3 is 2.63 bits per heavy atom. The van der Waals surface area contributed by atoms with Crippen LogP contribution >= 0.6 is 0 Å². The largest absolute Gasteiger partial charge is 0.377 e. The quantitative estimate of drug-likeness (QED) is 0.731. The van der Waals surface area contributed by atoms with Gasteiger partial charge in [0, 0.05) is 31.8 Å². The smallest absolute Gasteiger partial charge is 0.227 e. The van der Waals surface area contributed by atoms with Gasteiger partial charge in [0.1, 0.15) is 0 Å². The van der Waals surface area contributed by atoms with E-state index >= 15 is 0 Å². The standard InChI is InChI=1S/C22H26N2O3/c1-17-8-10-20(11-9-17)24-15-19(14-21(24)25)22(26)23-12-5-13-27-16-18-6-3-2-4-7-18/h2-4,6-11,19H,5,12-16H2,1H3,(H,23,26)/t19-/m1/s1. The van der Waals surface area contributed by atoms with E-state index in [4.69, 9.17) is 4.74 Å². The summed E-state index contributed by atoms with van der Waals surface area (Å²) in [5.41, 5.74) is 3.14. The van der Waals surface area contributed by atoms with Crippen LogP contribution in [0.4, 0.5) is 5.69 Å². The minimum absolute atomic E-state index is 0.00481. The first-order chi connectivity index (χ1) is 13.1. The van der Waals surface area contributed by atoms with Crippen LogP contribution < -0.4 is 10.2 Å². The maximum absolute atomic E-state index is 12.3. The summed E-state index contributed by atoms with van der Waals surface area (Å²) in [4.78, 5) is 26.3. The van der Waals surface area contributed by atoms with Crippen molar-refractivity contribution in [3.63, 3.8) is 0 Å². The maximum Gasteiger partial charge on any atom is 0.227 e. The van der Waals surface area contributed by atoms with E-state index in [1.54, 1.807) is 4.90 Å². The van der Waals surface area contributed by atoms with Crippen molar-refractivity contribution >= 4 is 17.5 Å². The SMILES string of the molecule is Cc1ccc(N2C[C@H](C(=O)NCCCOCc3ccccc3)CC2=O)cc1. The Hall–Kier alpha value is -2.66. The van der Waals surface area contributed by atoms with Crippen molar-refractivity contribution in [2.24, 2.45) is 5.92 Å². The van der Waals surface area contributed by atoms with Gasteiger partial charge in [-0.05, 0) is 31.0 Å². The number of hydrogen-bond acceptors (Lipinski definition) is 3. The normalized spacial score (nSPS) is 16.6. The van der Waals surface area contributed by atoms with Gasteiger partial charge in [0.15, 0.2) is 0 Å². The first-order valence-corrected chi connectivity index (χ1v) is 9.40. The molecule has 1 heterocycles. The summed E-state index contributed by atoms with van der Waals surface area (Å²) in [7, 11) is 0. The van der Waals surface area contributed by atoms with Crippen molar-refractivity contribution in [1.29, 1.82) is 0 Å². The Balaban J connectivity index is 1.36. The lowest BCUT2D eigenvalue weighted by molar-refractivity contribution is -0.126. The molecule has 2 amide bonds. The van der Waals surface area contributed by atoms with E-state index in [1.165, 1.54) is 0 Å². The molecule has 1 fully saturated rings. The predicted octanol–water partition coefficient (Wildman–Crippen LogP) is 3.07. The molecule has 1 aliphatic heterocycles. The number of ether oxygens (including phenoxy) is 1. The van der Waals surface area contributed by atoms with Crippen LogP contribution in [0.5, 0.6) is 0 Å². The van der Waals surface area contributed by atoms with Crippen molar-refractivity contribution in [3.8, 4) is 0 Å². The molecule has 0 bridgehead atoms. The van der Waals surface area contributed by atoms with Crippen LogP contribution in [0.1, 0.15) is 24.0 Å². The molecule has 0 saturated carbocycles. The van der Waals surface area contributed by atoms with Crippen molar-refractivity contribution in [2.45, 2.75) is 26.4 Å². The minimum atomic E-state index is -0.288. The fourth-order valence-corrected chi connectivity index (χ4v) is 3.15. The number of carbonyl (C=O) groups excluding carboxylic acids is 2. The van der Waals surface area contributed by atoms with Crippen LogP contribution in [0.15, 0.2) is 54.6 Å². The molecule has 1 N–H and O–H groups in total. The zero-order chi connectivity index (χ0) is 19.1. The fraction of sp³-hybridized carbons (Fsp3) is 0.364. The minimum Gasteiger partial charge on any atom is -0.377 e. The molecule has 5 nitrogen and oxygen atoms in total. The summed E-state index contributed by atoms with van der Waals surface area (Å²) in [6.45, 7) is 4.18. The molecule has 27 heavy (non-hydrogen) atoms. The summed E-state index contributed by atoms with van der Waals surface area (Å²) in [5.74, 6) is -0.338. The third kappa shape index (κ3) is 5.41. The highest BCUT2D eigenvalue weighted by molar-refractivity contribution is 6.00. The van der Waals surface area contributed by atoms with Crippen LogP contribution in [0.25, 0.3) is 0 Å². The Labute approximate surface area is 160 Å². The number of hydrogen-bond donors (Lipinski definition) is 1. The summed E-state index contributed by atoms with van der Waals surface area (Å²) in [6.07, 6.45) is 1.02. The summed E-state index contributed by atoms with van der Waals surface area (Å²) in [5, 5.41) is 2.93. The van der Waals surface area contributed by atoms with Gasteiger partial charge in [-0.3, -0.25) is 9.59 Å². The van der Waals surface area contributed by atoms with Crippen LogP contribution in [0.2, 0.25) is 0 Å². The first kappa shape index (κ1) is 19.1. The molecule has 0 radical (unpaired) electrons. The van der Waals surface area contributed by atoms with Gasteiger partial charge in [-0.15, -0.1) is 0 Å². The van der Waals surface area contributed by atoms with E-state index in [-0.39, 0.29) is 24.2 Å². The summed E-state index contributed by atoms with van der Waals surface area (Å²) < 4.78 is 5.61. The lowest BCUT2D eigenvalue weighted by Gasteiger charge is -2.17. The van der Waals surface area contributed by atoms with E-state index in [2.05, 4.69) is 5.32 Å². The zero-order valence-corrected chi connectivity index (χ0v) is 15.7. The summed E-state index contributed by atoms with van der Waals surface area (Å²) in [6, 6.07) is 17.8. The number of nitrogens with zero attached hydrogens (tertiary/aromatic N) is 1. The number of carbonyl (C=O) groups is 2. The molecular weight excluding hydrogens is 340 g/mol. The molecule has 2 aromatic carbocycles. The number of aryl methyl sites for hydroxylation is 1. The molecule has 3 rings (SSSR count). The van der Waals surface area contributed by atoms with Crippen molar-refractivity contribution < 1.29 is 14.3 Å². The van der Waals surface area contributed by atoms with Crippen LogP contribution in [-0.2, 0) is 20.9 Å². The van der Waals surface area contributed by atoms with E-state index in [1.807, 2.05) is 61.5 Å². The van der Waals surface area contributed by atoms with Gasteiger partial charge >= 0.3 is 0 Å². The third-order valence-electron chi connectivity index (χ3n) is 4.72. The Kier molecular flexibility index (Phi) is 6.60. The number of benzene rings is 2. The van der Waals surface area contributed by atoms with E-state index in [9.17, 15) is 9.59 Å². The van der Waals surface area contributed by atoms with Gasteiger partial charge in [-0.2, -0.15) is 0 Å². The van der Waals surface area contributed by atoms with Crippen molar-refractivity contribution in [1.82, 2.24) is 5.32 Å². The second kappa shape index (κ2) is 9.33. The average Bonchev–Trinajstić information content (AvgIpc) is 3.07. The molecule has 0 aromatic heterocycles. The second-order valence-electron chi connectivity index (χ2n) is 6.92. The van der Waals surface area contributed by atoms with Gasteiger partial charge in [0.25, 0.3) is 0 Å². The zero-order valence-electron chi connectivity index (χ0n) is 15.7. The number of amides is 2. The van der Waals surface area contributed by atoms with Crippen LogP contribution in [-0.4, -0.2) is 31.5 Å².